The molecular formula is C9H13BrOS. The van der Waals surface area contributed by atoms with Gasteiger partial charge in [0.1, 0.15) is 0 Å². The Morgan fingerprint density at radius 2 is 1.83 bits per heavy atom. The van der Waals surface area contributed by atoms with E-state index in [0.717, 1.165) is 0 Å². The van der Waals surface area contributed by atoms with Crippen LogP contribution in [0.2, 0.25) is 0 Å². The summed E-state index contributed by atoms with van der Waals surface area (Å²) in [4.78, 5) is 0. The Labute approximate surface area is 82.9 Å². The Bertz CT molecular complexity index is 230. The smallest absolute Gasteiger partial charge is 0.0853 e. The number of rotatable bonds is 3. The fourth-order valence-electron chi connectivity index (χ4n) is 0.782. The summed E-state index contributed by atoms with van der Waals surface area (Å²) in [5.41, 5.74) is 1.22. The van der Waals surface area contributed by atoms with Gasteiger partial charge in [-0.05, 0) is 32.9 Å². The first-order chi connectivity index (χ1) is 5.58. The van der Waals surface area contributed by atoms with Crippen LogP contribution in [0.25, 0.3) is 0 Å². The van der Waals surface area contributed by atoms with Crippen molar-refractivity contribution in [3.63, 3.8) is 0 Å². The molecule has 68 valence electrons. The van der Waals surface area contributed by atoms with Gasteiger partial charge in [0.25, 0.3) is 0 Å². The van der Waals surface area contributed by atoms with Crippen LogP contribution in [-0.2, 0) is 10.8 Å². The minimum Gasteiger partial charge on any atom is -0.323 e. The van der Waals surface area contributed by atoms with Gasteiger partial charge in [-0.1, -0.05) is 39.1 Å². The van der Waals surface area contributed by atoms with Gasteiger partial charge in [-0.15, -0.1) is 0 Å². The lowest BCUT2D eigenvalue weighted by atomic mass is 10.2. The van der Waals surface area contributed by atoms with Crippen molar-refractivity contribution in [1.29, 1.82) is 0 Å². The van der Waals surface area contributed by atoms with Gasteiger partial charge in [-0.3, -0.25) is 0 Å². The third kappa shape index (κ3) is 4.14. The average Bonchev–Trinajstić information content (AvgIpc) is 2.02. The SMILES string of the molecule is CS(C)(Br)OCc1ccccc1. The molecule has 0 saturated carbocycles. The van der Waals surface area contributed by atoms with Gasteiger partial charge in [0, 0.05) is 0 Å². The van der Waals surface area contributed by atoms with Crippen LogP contribution in [0.15, 0.2) is 30.3 Å². The van der Waals surface area contributed by atoms with Gasteiger partial charge >= 0.3 is 0 Å². The molecule has 0 amide bonds. The number of hydrogen-bond acceptors (Lipinski definition) is 1. The zero-order valence-corrected chi connectivity index (χ0v) is 9.69. The highest BCUT2D eigenvalue weighted by Gasteiger charge is 2.05. The summed E-state index contributed by atoms with van der Waals surface area (Å²) < 4.78 is 5.62. The van der Waals surface area contributed by atoms with Crippen LogP contribution < -0.4 is 0 Å². The van der Waals surface area contributed by atoms with Crippen LogP contribution in [-0.4, -0.2) is 12.5 Å². The summed E-state index contributed by atoms with van der Waals surface area (Å²) >= 11 is 3.50. The van der Waals surface area contributed by atoms with Crippen LogP contribution in [0.1, 0.15) is 5.56 Å². The molecule has 1 aromatic carbocycles. The van der Waals surface area contributed by atoms with E-state index < -0.39 is 8.74 Å². The molecule has 1 nitrogen and oxygen atoms in total. The van der Waals surface area contributed by atoms with E-state index >= 15 is 0 Å². The summed E-state index contributed by atoms with van der Waals surface area (Å²) in [7, 11) is -1.01. The Hall–Kier alpha value is 0.01000. The fraction of sp³-hybridized carbons (Fsp3) is 0.333. The molecule has 0 fully saturated rings. The largest absolute Gasteiger partial charge is 0.323 e. The van der Waals surface area contributed by atoms with Crippen molar-refractivity contribution < 1.29 is 4.18 Å². The monoisotopic (exact) mass is 248 g/mol. The molecule has 0 atom stereocenters. The highest BCUT2D eigenvalue weighted by molar-refractivity contribution is 9.57. The molecule has 0 aromatic heterocycles. The second-order valence-corrected chi connectivity index (χ2v) is 10.0. The van der Waals surface area contributed by atoms with Crippen molar-refractivity contribution in [2.24, 2.45) is 0 Å². The molecule has 0 aliphatic heterocycles. The quantitative estimate of drug-likeness (QED) is 0.796. The maximum atomic E-state index is 5.62. The lowest BCUT2D eigenvalue weighted by Gasteiger charge is -2.22. The Balaban J connectivity index is 2.44. The van der Waals surface area contributed by atoms with Crippen LogP contribution in [0.3, 0.4) is 0 Å². The van der Waals surface area contributed by atoms with E-state index in [0.29, 0.717) is 6.61 Å². The lowest BCUT2D eigenvalue weighted by Crippen LogP contribution is -1.93. The summed E-state index contributed by atoms with van der Waals surface area (Å²) in [5, 5.41) is 0. The third-order valence-corrected chi connectivity index (χ3v) is 2.59. The summed E-state index contributed by atoms with van der Waals surface area (Å²) in [5.74, 6) is 0. The molecule has 0 saturated heterocycles. The van der Waals surface area contributed by atoms with E-state index in [4.69, 9.17) is 4.18 Å². The molecule has 0 aliphatic rings. The van der Waals surface area contributed by atoms with Crippen LogP contribution in [0, 0.1) is 0 Å². The minimum absolute atomic E-state index is 0.689. The third-order valence-electron chi connectivity index (χ3n) is 1.35. The van der Waals surface area contributed by atoms with E-state index in [1.807, 2.05) is 18.2 Å². The topological polar surface area (TPSA) is 9.23 Å². The molecule has 0 spiro atoms. The maximum Gasteiger partial charge on any atom is 0.0853 e. The van der Waals surface area contributed by atoms with Crippen LogP contribution in [0.5, 0.6) is 0 Å². The molecule has 0 unspecified atom stereocenters. The first kappa shape index (κ1) is 10.1. The second-order valence-electron chi connectivity index (χ2n) is 2.86. The number of benzene rings is 1. The molecule has 12 heavy (non-hydrogen) atoms. The Kier molecular flexibility index (Phi) is 3.62. The van der Waals surface area contributed by atoms with E-state index in [1.54, 1.807) is 0 Å². The molecule has 1 aromatic rings. The molecule has 0 N–H and O–H groups in total. The number of halogens is 1. The maximum absolute atomic E-state index is 5.62. The molecule has 0 bridgehead atoms. The molecule has 0 aliphatic carbocycles. The summed E-state index contributed by atoms with van der Waals surface area (Å²) in [6.07, 6.45) is 4.13. The van der Waals surface area contributed by atoms with Gasteiger partial charge in [0.15, 0.2) is 0 Å². The zero-order chi connectivity index (χ0) is 9.03. The van der Waals surface area contributed by atoms with Crippen molar-refractivity contribution in [1.82, 2.24) is 0 Å². The summed E-state index contributed by atoms with van der Waals surface area (Å²) in [6.45, 7) is 0.689. The highest BCUT2D eigenvalue weighted by atomic mass is 79.9. The van der Waals surface area contributed by atoms with Crippen molar-refractivity contribution >= 4 is 23.6 Å². The van der Waals surface area contributed by atoms with Crippen LogP contribution in [0.4, 0.5) is 0 Å². The Morgan fingerprint density at radius 3 is 2.33 bits per heavy atom. The van der Waals surface area contributed by atoms with E-state index in [2.05, 4.69) is 39.5 Å². The average molecular weight is 249 g/mol. The molecular weight excluding hydrogens is 236 g/mol. The van der Waals surface area contributed by atoms with Gasteiger partial charge in [-0.25, -0.2) is 0 Å². The first-order valence-electron chi connectivity index (χ1n) is 3.69. The van der Waals surface area contributed by atoms with E-state index in [9.17, 15) is 0 Å². The molecule has 3 heteroatoms. The zero-order valence-electron chi connectivity index (χ0n) is 7.29. The molecule has 0 heterocycles. The first-order valence-corrected chi connectivity index (χ1v) is 7.91. The highest BCUT2D eigenvalue weighted by Crippen LogP contribution is 2.49. The Morgan fingerprint density at radius 1 is 1.25 bits per heavy atom. The summed E-state index contributed by atoms with van der Waals surface area (Å²) in [6, 6.07) is 10.2. The van der Waals surface area contributed by atoms with E-state index in [1.165, 1.54) is 5.56 Å². The standard InChI is InChI=1S/C9H13BrOS/c1-12(2,10)11-8-9-6-4-3-5-7-9/h3-7H,8H2,1-2H3. The second kappa shape index (κ2) is 4.30. The van der Waals surface area contributed by atoms with Gasteiger partial charge in [-0.2, -0.15) is 0 Å². The molecule has 0 radical (unpaired) electrons. The normalized spacial score (nSPS) is 12.9. The predicted octanol–water partition coefficient (Wildman–Crippen LogP) is 3.49. The predicted molar refractivity (Wildman–Crippen MR) is 59.6 cm³/mol. The van der Waals surface area contributed by atoms with E-state index in [-0.39, 0.29) is 0 Å². The minimum atomic E-state index is -1.01. The van der Waals surface area contributed by atoms with Crippen molar-refractivity contribution in [2.75, 3.05) is 12.5 Å². The van der Waals surface area contributed by atoms with Crippen molar-refractivity contribution in [3.8, 4) is 0 Å². The van der Waals surface area contributed by atoms with Crippen molar-refractivity contribution in [3.05, 3.63) is 35.9 Å². The van der Waals surface area contributed by atoms with Crippen molar-refractivity contribution in [2.45, 2.75) is 6.61 Å². The van der Waals surface area contributed by atoms with Gasteiger partial charge < -0.3 is 4.18 Å². The lowest BCUT2D eigenvalue weighted by molar-refractivity contribution is 0.357. The molecule has 1 rings (SSSR count). The number of hydrogen-bond donors (Lipinski definition) is 0. The fourth-order valence-corrected chi connectivity index (χ4v) is 1.48. The van der Waals surface area contributed by atoms with Crippen LogP contribution >= 0.6 is 23.6 Å². The van der Waals surface area contributed by atoms with Gasteiger partial charge in [0.2, 0.25) is 0 Å². The van der Waals surface area contributed by atoms with Gasteiger partial charge in [0.05, 0.1) is 6.61 Å².